The average molecular weight is 314 g/mol. The number of thioether (sulfide) groups is 1. The number of fused-ring (bicyclic) bond motifs is 1. The zero-order chi connectivity index (χ0) is 14.3. The molecule has 0 unspecified atom stereocenters. The lowest BCUT2D eigenvalue weighted by Gasteiger charge is -2.08. The molecule has 1 nitrogen and oxygen atoms in total. The number of hydrogen-bond acceptors (Lipinski definition) is 3. The third-order valence-electron chi connectivity index (χ3n) is 3.09. The van der Waals surface area contributed by atoms with Crippen LogP contribution in [0.15, 0.2) is 18.2 Å². The van der Waals surface area contributed by atoms with Crippen molar-refractivity contribution < 1.29 is 18.0 Å². The van der Waals surface area contributed by atoms with Crippen molar-refractivity contribution in [1.29, 1.82) is 0 Å². The Morgan fingerprint density at radius 1 is 1.10 bits per heavy atom. The monoisotopic (exact) mass is 314 g/mol. The minimum absolute atomic E-state index is 0.307. The molecule has 0 atom stereocenters. The lowest BCUT2D eigenvalue weighted by Crippen LogP contribution is -2.06. The number of carbonyl (C=O) groups is 1. The highest BCUT2D eigenvalue weighted by atomic mass is 32.2. The Labute approximate surface area is 121 Å². The first-order valence-corrected chi connectivity index (χ1v) is 7.92. The number of rotatable bonds is 2. The molecule has 6 heteroatoms. The summed E-state index contributed by atoms with van der Waals surface area (Å²) >= 11 is 3.03. The van der Waals surface area contributed by atoms with Crippen LogP contribution in [0.3, 0.4) is 0 Å². The maximum Gasteiger partial charge on any atom is 0.208 e. The minimum Gasteiger partial charge on any atom is -0.287 e. The number of aryl methyl sites for hydroxylation is 1. The van der Waals surface area contributed by atoms with Crippen molar-refractivity contribution in [3.63, 3.8) is 0 Å². The minimum atomic E-state index is -1.16. The van der Waals surface area contributed by atoms with Crippen molar-refractivity contribution in [2.24, 2.45) is 0 Å². The molecule has 1 aliphatic heterocycles. The molecular weight excluding hydrogens is 305 g/mol. The van der Waals surface area contributed by atoms with Crippen LogP contribution in [0, 0.1) is 17.5 Å². The summed E-state index contributed by atoms with van der Waals surface area (Å²) in [5.41, 5.74) is 0.371. The maximum atomic E-state index is 13.6. The summed E-state index contributed by atoms with van der Waals surface area (Å²) in [5.74, 6) is -2.27. The van der Waals surface area contributed by atoms with E-state index >= 15 is 0 Å². The van der Waals surface area contributed by atoms with Gasteiger partial charge in [-0.2, -0.15) is 11.8 Å². The highest BCUT2D eigenvalue weighted by molar-refractivity contribution is 7.98. The lowest BCUT2D eigenvalue weighted by molar-refractivity contribution is 0.103. The Hall–Kier alpha value is -1.27. The Kier molecular flexibility index (Phi) is 3.60. The van der Waals surface area contributed by atoms with E-state index in [-0.39, 0.29) is 0 Å². The van der Waals surface area contributed by atoms with E-state index in [0.29, 0.717) is 17.0 Å². The maximum absolute atomic E-state index is 13.6. The Morgan fingerprint density at radius 2 is 1.80 bits per heavy atom. The molecule has 3 rings (SSSR count). The first-order valence-electron chi connectivity index (χ1n) is 5.95. The molecule has 0 N–H and O–H groups in total. The van der Waals surface area contributed by atoms with E-state index in [2.05, 4.69) is 0 Å². The van der Waals surface area contributed by atoms with Crippen molar-refractivity contribution in [2.45, 2.75) is 12.2 Å². The third-order valence-corrected chi connectivity index (χ3v) is 5.33. The summed E-state index contributed by atoms with van der Waals surface area (Å²) in [4.78, 5) is 13.6. The fourth-order valence-corrected chi connectivity index (χ4v) is 4.46. The molecule has 1 aromatic carbocycles. The zero-order valence-corrected chi connectivity index (χ0v) is 11.8. The van der Waals surface area contributed by atoms with Crippen LogP contribution in [-0.4, -0.2) is 11.5 Å². The zero-order valence-electron chi connectivity index (χ0n) is 10.2. The van der Waals surface area contributed by atoms with Gasteiger partial charge in [-0.1, -0.05) is 0 Å². The van der Waals surface area contributed by atoms with Gasteiger partial charge in [0.2, 0.25) is 5.78 Å². The molecular formula is C14H9F3OS2. The van der Waals surface area contributed by atoms with Gasteiger partial charge in [0.25, 0.3) is 0 Å². The predicted molar refractivity (Wildman–Crippen MR) is 73.9 cm³/mol. The molecule has 0 spiro atoms. The molecule has 0 saturated carbocycles. The van der Waals surface area contributed by atoms with Gasteiger partial charge in [0, 0.05) is 22.8 Å². The van der Waals surface area contributed by atoms with Crippen LogP contribution in [-0.2, 0) is 12.2 Å². The van der Waals surface area contributed by atoms with Gasteiger partial charge in [-0.15, -0.1) is 11.3 Å². The summed E-state index contributed by atoms with van der Waals surface area (Å²) < 4.78 is 40.1. The molecule has 0 fully saturated rings. The fourth-order valence-electron chi connectivity index (χ4n) is 2.14. The van der Waals surface area contributed by atoms with E-state index in [1.165, 1.54) is 11.3 Å². The Bertz CT molecular complexity index is 647. The summed E-state index contributed by atoms with van der Waals surface area (Å²) in [6.07, 6.45) is 0.867. The van der Waals surface area contributed by atoms with Gasteiger partial charge >= 0.3 is 0 Å². The fraction of sp³-hybridized carbons (Fsp3) is 0.214. The second-order valence-electron chi connectivity index (χ2n) is 4.44. The van der Waals surface area contributed by atoms with Gasteiger partial charge in [-0.3, -0.25) is 4.79 Å². The molecule has 0 radical (unpaired) electrons. The quantitative estimate of drug-likeness (QED) is 0.773. The highest BCUT2D eigenvalue weighted by Gasteiger charge is 2.24. The molecule has 0 amide bonds. The van der Waals surface area contributed by atoms with E-state index in [9.17, 15) is 18.0 Å². The largest absolute Gasteiger partial charge is 0.287 e. The van der Waals surface area contributed by atoms with E-state index in [0.717, 1.165) is 28.4 Å². The summed E-state index contributed by atoms with van der Waals surface area (Å²) in [7, 11) is 0. The van der Waals surface area contributed by atoms with Crippen LogP contribution in [0.2, 0.25) is 0 Å². The van der Waals surface area contributed by atoms with Crippen molar-refractivity contribution in [1.82, 2.24) is 0 Å². The normalized spacial score (nSPS) is 14.2. The number of ketones is 1. The SMILES string of the molecule is O=C(c1cc2c(s1)CCSC2)c1c(F)cc(F)cc1F. The van der Waals surface area contributed by atoms with E-state index in [4.69, 9.17) is 0 Å². The molecule has 1 aliphatic rings. The topological polar surface area (TPSA) is 17.1 Å². The molecule has 2 heterocycles. The smallest absolute Gasteiger partial charge is 0.208 e. The predicted octanol–water partition coefficient (Wildman–Crippen LogP) is 4.19. The number of thiophene rings is 1. The summed E-state index contributed by atoms with van der Waals surface area (Å²) in [6, 6.07) is 2.75. The average Bonchev–Trinajstić information content (AvgIpc) is 2.81. The highest BCUT2D eigenvalue weighted by Crippen LogP contribution is 2.33. The van der Waals surface area contributed by atoms with E-state index < -0.39 is 28.8 Å². The van der Waals surface area contributed by atoms with Gasteiger partial charge in [0.1, 0.15) is 17.5 Å². The van der Waals surface area contributed by atoms with Crippen LogP contribution in [0.5, 0.6) is 0 Å². The number of hydrogen-bond donors (Lipinski definition) is 0. The standard InChI is InChI=1S/C14H9F3OS2/c15-8-4-9(16)13(10(17)5-8)14(18)12-3-7-6-19-2-1-11(7)20-12/h3-5H,1-2,6H2. The van der Waals surface area contributed by atoms with Crippen molar-refractivity contribution in [2.75, 3.05) is 5.75 Å². The molecule has 0 saturated heterocycles. The molecule has 20 heavy (non-hydrogen) atoms. The Balaban J connectivity index is 2.03. The van der Waals surface area contributed by atoms with Gasteiger partial charge < -0.3 is 0 Å². The molecule has 0 aliphatic carbocycles. The first-order chi connectivity index (χ1) is 9.56. The first kappa shape index (κ1) is 13.7. The van der Waals surface area contributed by atoms with Crippen molar-refractivity contribution in [3.8, 4) is 0 Å². The second kappa shape index (κ2) is 5.26. The molecule has 104 valence electrons. The number of benzene rings is 1. The van der Waals surface area contributed by atoms with Gasteiger partial charge in [-0.05, 0) is 23.8 Å². The molecule has 1 aromatic heterocycles. The van der Waals surface area contributed by atoms with Crippen molar-refractivity contribution >= 4 is 28.9 Å². The van der Waals surface area contributed by atoms with Crippen LogP contribution in [0.1, 0.15) is 25.7 Å². The third kappa shape index (κ3) is 2.38. The number of halogens is 3. The van der Waals surface area contributed by atoms with Gasteiger partial charge in [0.15, 0.2) is 0 Å². The molecule has 0 bridgehead atoms. The van der Waals surface area contributed by atoms with E-state index in [1.54, 1.807) is 17.8 Å². The Morgan fingerprint density at radius 3 is 2.45 bits per heavy atom. The van der Waals surface area contributed by atoms with Crippen molar-refractivity contribution in [3.05, 3.63) is 56.5 Å². The van der Waals surface area contributed by atoms with Gasteiger partial charge in [0.05, 0.1) is 10.4 Å². The van der Waals surface area contributed by atoms with Crippen LogP contribution < -0.4 is 0 Å². The van der Waals surface area contributed by atoms with Gasteiger partial charge in [-0.25, -0.2) is 13.2 Å². The second-order valence-corrected chi connectivity index (χ2v) is 6.68. The van der Waals surface area contributed by atoms with Crippen LogP contribution >= 0.6 is 23.1 Å². The summed E-state index contributed by atoms with van der Waals surface area (Å²) in [6.45, 7) is 0. The lowest BCUT2D eigenvalue weighted by atomic mass is 10.1. The van der Waals surface area contributed by atoms with Crippen LogP contribution in [0.25, 0.3) is 0 Å². The number of carbonyl (C=O) groups excluding carboxylic acids is 1. The van der Waals surface area contributed by atoms with Crippen LogP contribution in [0.4, 0.5) is 13.2 Å². The van der Waals surface area contributed by atoms with E-state index in [1.807, 2.05) is 0 Å². The summed E-state index contributed by atoms with van der Waals surface area (Å²) in [5, 5.41) is 0. The molecule has 2 aromatic rings.